The average molecular weight is 288 g/mol. The molecule has 21 heavy (non-hydrogen) atoms. The number of ether oxygens (including phenoxy) is 1. The molecular formula is C17H24N2O2. The average Bonchev–Trinajstić information content (AvgIpc) is 2.41. The van der Waals surface area contributed by atoms with E-state index >= 15 is 0 Å². The second-order valence-electron chi connectivity index (χ2n) is 5.75. The van der Waals surface area contributed by atoms with Gasteiger partial charge in [0.15, 0.2) is 0 Å². The number of terminal acetylenes is 1. The van der Waals surface area contributed by atoms with E-state index in [9.17, 15) is 4.79 Å². The van der Waals surface area contributed by atoms with Gasteiger partial charge in [-0.25, -0.2) is 4.79 Å². The van der Waals surface area contributed by atoms with Crippen molar-refractivity contribution in [1.82, 2.24) is 4.90 Å². The van der Waals surface area contributed by atoms with E-state index in [0.29, 0.717) is 19.6 Å². The Morgan fingerprint density at radius 3 is 2.71 bits per heavy atom. The molecule has 114 valence electrons. The summed E-state index contributed by atoms with van der Waals surface area (Å²) in [6.07, 6.45) is 4.93. The van der Waals surface area contributed by atoms with Crippen molar-refractivity contribution in [1.29, 1.82) is 0 Å². The van der Waals surface area contributed by atoms with Crippen LogP contribution in [0.25, 0.3) is 0 Å². The molecule has 0 aromatic heterocycles. The number of nitrogens with zero attached hydrogens (tertiary/aromatic N) is 1. The maximum atomic E-state index is 12.1. The third kappa shape index (κ3) is 6.22. The second-order valence-corrected chi connectivity index (χ2v) is 5.75. The lowest BCUT2D eigenvalue weighted by molar-refractivity contribution is 0.0244. The zero-order valence-electron chi connectivity index (χ0n) is 13.3. The molecule has 1 amide bonds. The Morgan fingerprint density at radius 2 is 2.14 bits per heavy atom. The molecule has 0 unspecified atom stereocenters. The predicted molar refractivity (Wildman–Crippen MR) is 86.1 cm³/mol. The van der Waals surface area contributed by atoms with Gasteiger partial charge in [0.2, 0.25) is 0 Å². The van der Waals surface area contributed by atoms with Crippen LogP contribution in [0.2, 0.25) is 0 Å². The minimum Gasteiger partial charge on any atom is -0.444 e. The summed E-state index contributed by atoms with van der Waals surface area (Å²) < 4.78 is 5.40. The molecule has 0 aliphatic carbocycles. The first-order valence-corrected chi connectivity index (χ1v) is 7.10. The summed E-state index contributed by atoms with van der Waals surface area (Å²) in [6.45, 7) is 9.11. The summed E-state index contributed by atoms with van der Waals surface area (Å²) >= 11 is 0. The SMILES string of the molecule is C#CCNc1cccc(CN(CC)C(=O)OC(C)(C)C)c1. The molecule has 1 N–H and O–H groups in total. The van der Waals surface area contributed by atoms with Gasteiger partial charge in [-0.1, -0.05) is 18.1 Å². The van der Waals surface area contributed by atoms with Crippen LogP contribution in [-0.2, 0) is 11.3 Å². The lowest BCUT2D eigenvalue weighted by Crippen LogP contribution is -2.36. The molecule has 1 rings (SSSR count). The van der Waals surface area contributed by atoms with E-state index in [1.54, 1.807) is 4.90 Å². The molecule has 0 aliphatic heterocycles. The summed E-state index contributed by atoms with van der Waals surface area (Å²) in [5, 5.41) is 3.12. The first-order chi connectivity index (χ1) is 9.85. The maximum Gasteiger partial charge on any atom is 0.410 e. The Labute approximate surface area is 127 Å². The molecule has 0 heterocycles. The highest BCUT2D eigenvalue weighted by Crippen LogP contribution is 2.15. The Balaban J connectivity index is 2.73. The van der Waals surface area contributed by atoms with Crippen molar-refractivity contribution < 1.29 is 9.53 Å². The molecule has 1 aromatic rings. The quantitative estimate of drug-likeness (QED) is 0.843. The van der Waals surface area contributed by atoms with Crippen LogP contribution in [0.3, 0.4) is 0 Å². The predicted octanol–water partition coefficient (Wildman–Crippen LogP) is 3.49. The number of amides is 1. The van der Waals surface area contributed by atoms with Crippen LogP contribution in [0.15, 0.2) is 24.3 Å². The molecule has 0 saturated heterocycles. The molecule has 0 radical (unpaired) electrons. The molecule has 0 spiro atoms. The summed E-state index contributed by atoms with van der Waals surface area (Å²) in [6, 6.07) is 7.86. The number of nitrogens with one attached hydrogen (secondary N) is 1. The maximum absolute atomic E-state index is 12.1. The molecular weight excluding hydrogens is 264 g/mol. The Kier molecular flexibility index (Phi) is 6.10. The van der Waals surface area contributed by atoms with E-state index in [2.05, 4.69) is 11.2 Å². The number of benzene rings is 1. The van der Waals surface area contributed by atoms with Crippen LogP contribution < -0.4 is 5.32 Å². The van der Waals surface area contributed by atoms with E-state index in [-0.39, 0.29) is 6.09 Å². The minimum atomic E-state index is -0.485. The number of anilines is 1. The summed E-state index contributed by atoms with van der Waals surface area (Å²) in [7, 11) is 0. The third-order valence-corrected chi connectivity index (χ3v) is 2.73. The fourth-order valence-corrected chi connectivity index (χ4v) is 1.79. The highest BCUT2D eigenvalue weighted by molar-refractivity contribution is 5.68. The molecule has 0 fully saturated rings. The molecule has 0 saturated carbocycles. The molecule has 1 aromatic carbocycles. The third-order valence-electron chi connectivity index (χ3n) is 2.73. The van der Waals surface area contributed by atoms with Crippen LogP contribution in [-0.4, -0.2) is 29.7 Å². The van der Waals surface area contributed by atoms with Crippen LogP contribution in [0, 0.1) is 12.3 Å². The molecule has 0 bridgehead atoms. The molecule has 0 atom stereocenters. The van der Waals surface area contributed by atoms with Crippen molar-refractivity contribution in [3.63, 3.8) is 0 Å². The first-order valence-electron chi connectivity index (χ1n) is 7.10. The number of carbonyl (C=O) groups is 1. The van der Waals surface area contributed by atoms with E-state index in [0.717, 1.165) is 11.3 Å². The van der Waals surface area contributed by atoms with E-state index in [4.69, 9.17) is 11.2 Å². The topological polar surface area (TPSA) is 41.6 Å². The van der Waals surface area contributed by atoms with Crippen molar-refractivity contribution >= 4 is 11.8 Å². The normalized spacial score (nSPS) is 10.6. The van der Waals surface area contributed by atoms with Crippen molar-refractivity contribution in [3.05, 3.63) is 29.8 Å². The van der Waals surface area contributed by atoms with E-state index < -0.39 is 5.60 Å². The summed E-state index contributed by atoms with van der Waals surface area (Å²) in [5.41, 5.74) is 1.50. The van der Waals surface area contributed by atoms with Gasteiger partial charge in [0, 0.05) is 18.8 Å². The van der Waals surface area contributed by atoms with Gasteiger partial charge in [0.05, 0.1) is 6.54 Å². The summed E-state index contributed by atoms with van der Waals surface area (Å²) in [5.74, 6) is 2.54. The van der Waals surface area contributed by atoms with Crippen molar-refractivity contribution in [2.75, 3.05) is 18.4 Å². The standard InChI is InChI=1S/C17H24N2O2/c1-6-11-18-15-10-8-9-14(12-15)13-19(7-2)16(20)21-17(3,4)5/h1,8-10,12,18H,7,11,13H2,2-5H3. The lowest BCUT2D eigenvalue weighted by atomic mass is 10.2. The number of hydrogen-bond donors (Lipinski definition) is 1. The van der Waals surface area contributed by atoms with Gasteiger partial charge in [0.1, 0.15) is 5.60 Å². The van der Waals surface area contributed by atoms with Crippen LogP contribution >= 0.6 is 0 Å². The second kappa shape index (κ2) is 7.58. The zero-order valence-corrected chi connectivity index (χ0v) is 13.3. The van der Waals surface area contributed by atoms with Crippen molar-refractivity contribution in [2.45, 2.75) is 39.8 Å². The fourth-order valence-electron chi connectivity index (χ4n) is 1.79. The smallest absolute Gasteiger partial charge is 0.410 e. The first kappa shape index (κ1) is 16.9. The largest absolute Gasteiger partial charge is 0.444 e. The fraction of sp³-hybridized carbons (Fsp3) is 0.471. The lowest BCUT2D eigenvalue weighted by Gasteiger charge is -2.26. The molecule has 4 heteroatoms. The van der Waals surface area contributed by atoms with Crippen LogP contribution in [0.4, 0.5) is 10.5 Å². The zero-order chi connectivity index (χ0) is 15.9. The molecule has 4 nitrogen and oxygen atoms in total. The minimum absolute atomic E-state index is 0.299. The number of hydrogen-bond acceptors (Lipinski definition) is 3. The van der Waals surface area contributed by atoms with Gasteiger partial charge in [-0.05, 0) is 45.4 Å². The van der Waals surface area contributed by atoms with Gasteiger partial charge in [-0.3, -0.25) is 0 Å². The van der Waals surface area contributed by atoms with E-state index in [1.807, 2.05) is 52.0 Å². The van der Waals surface area contributed by atoms with Gasteiger partial charge < -0.3 is 15.0 Å². The van der Waals surface area contributed by atoms with E-state index in [1.165, 1.54) is 0 Å². The number of carbonyl (C=O) groups excluding carboxylic acids is 1. The van der Waals surface area contributed by atoms with Gasteiger partial charge >= 0.3 is 6.09 Å². The Bertz CT molecular complexity index is 512. The Hall–Kier alpha value is -2.15. The van der Waals surface area contributed by atoms with Crippen molar-refractivity contribution in [3.8, 4) is 12.3 Å². The summed E-state index contributed by atoms with van der Waals surface area (Å²) in [4.78, 5) is 13.8. The highest BCUT2D eigenvalue weighted by atomic mass is 16.6. The van der Waals surface area contributed by atoms with Gasteiger partial charge in [-0.15, -0.1) is 6.42 Å². The number of rotatable bonds is 5. The van der Waals surface area contributed by atoms with Crippen LogP contribution in [0.1, 0.15) is 33.3 Å². The highest BCUT2D eigenvalue weighted by Gasteiger charge is 2.21. The molecule has 0 aliphatic rings. The Morgan fingerprint density at radius 1 is 1.43 bits per heavy atom. The van der Waals surface area contributed by atoms with Gasteiger partial charge in [-0.2, -0.15) is 0 Å². The monoisotopic (exact) mass is 288 g/mol. The van der Waals surface area contributed by atoms with Gasteiger partial charge in [0.25, 0.3) is 0 Å². The van der Waals surface area contributed by atoms with Crippen LogP contribution in [0.5, 0.6) is 0 Å². The van der Waals surface area contributed by atoms with Crippen molar-refractivity contribution in [2.24, 2.45) is 0 Å².